The Morgan fingerprint density at radius 1 is 1.10 bits per heavy atom. The lowest BCUT2D eigenvalue weighted by Gasteiger charge is -2.23. The van der Waals surface area contributed by atoms with Gasteiger partial charge < -0.3 is 4.74 Å². The van der Waals surface area contributed by atoms with Crippen LogP contribution in [0.4, 0.5) is 0 Å². The first-order chi connectivity index (χ1) is 14.0. The van der Waals surface area contributed by atoms with Crippen LogP contribution in [0.2, 0.25) is 0 Å². The van der Waals surface area contributed by atoms with Crippen molar-refractivity contribution in [3.05, 3.63) is 87.4 Å². The topological polar surface area (TPSA) is 26.3 Å². The van der Waals surface area contributed by atoms with Crippen LogP contribution in [0.1, 0.15) is 34.6 Å². The second-order valence-corrected chi connectivity index (χ2v) is 9.88. The lowest BCUT2D eigenvalue weighted by Crippen LogP contribution is -2.27. The molecule has 0 radical (unpaired) electrons. The van der Waals surface area contributed by atoms with Gasteiger partial charge in [0.05, 0.1) is 5.56 Å². The van der Waals surface area contributed by atoms with Gasteiger partial charge in [-0.25, -0.2) is 4.79 Å². The summed E-state index contributed by atoms with van der Waals surface area (Å²) in [6.45, 7) is 5.76. The van der Waals surface area contributed by atoms with E-state index in [1.807, 2.05) is 48.0 Å². The van der Waals surface area contributed by atoms with Crippen molar-refractivity contribution in [2.24, 2.45) is 0 Å². The minimum Gasteiger partial charge on any atom is -0.438 e. The molecule has 144 valence electrons. The molecule has 0 aliphatic heterocycles. The van der Waals surface area contributed by atoms with Crippen molar-refractivity contribution in [3.63, 3.8) is 0 Å². The van der Waals surface area contributed by atoms with Gasteiger partial charge in [0.2, 0.25) is 0 Å². The number of esters is 1. The Morgan fingerprint density at radius 2 is 1.86 bits per heavy atom. The zero-order valence-electron chi connectivity index (χ0n) is 16.6. The molecule has 0 N–H and O–H groups in total. The van der Waals surface area contributed by atoms with Crippen LogP contribution in [0.25, 0.3) is 15.0 Å². The molecule has 0 saturated carbocycles. The summed E-state index contributed by atoms with van der Waals surface area (Å²) >= 11 is 1.56. The minimum absolute atomic E-state index is 0.0902. The van der Waals surface area contributed by atoms with Crippen molar-refractivity contribution in [2.45, 2.75) is 26.4 Å². The van der Waals surface area contributed by atoms with E-state index in [2.05, 4.69) is 49.1 Å². The molecule has 2 aromatic carbocycles. The average molecular weight is 418 g/mol. The van der Waals surface area contributed by atoms with Crippen molar-refractivity contribution in [1.82, 2.24) is 0 Å². The fraction of sp³-hybridized carbons (Fsp3) is 0.160. The SMILES string of the molecule is CC#CC(C)(OC(=O)c1ccc(-[s+]2c(C)cc3ccccc32)cc1)c1ccsc1. The van der Waals surface area contributed by atoms with Crippen molar-refractivity contribution in [3.8, 4) is 16.7 Å². The third-order valence-corrected chi connectivity index (χ3v) is 7.88. The fourth-order valence-electron chi connectivity index (χ4n) is 3.45. The summed E-state index contributed by atoms with van der Waals surface area (Å²) in [4.78, 5) is 15.4. The number of ether oxygens (including phenoxy) is 1. The summed E-state index contributed by atoms with van der Waals surface area (Å²) in [6.07, 6.45) is 0. The third-order valence-electron chi connectivity index (χ3n) is 4.88. The number of carbonyl (C=O) groups is 1. The molecular formula is C25H21O2S2+. The second-order valence-electron chi connectivity index (χ2n) is 6.93. The van der Waals surface area contributed by atoms with E-state index in [9.17, 15) is 4.79 Å². The number of thiophene rings is 2. The average Bonchev–Trinajstić information content (AvgIpc) is 3.36. The molecule has 0 saturated heterocycles. The van der Waals surface area contributed by atoms with Gasteiger partial charge in [0.1, 0.15) is 0 Å². The summed E-state index contributed by atoms with van der Waals surface area (Å²) in [5.41, 5.74) is 0.480. The molecule has 0 amide bonds. The second kappa shape index (κ2) is 7.87. The summed E-state index contributed by atoms with van der Waals surface area (Å²) < 4.78 is 7.17. The first-order valence-corrected chi connectivity index (χ1v) is 11.5. The Balaban J connectivity index is 1.63. The Labute approximate surface area is 177 Å². The zero-order chi connectivity index (χ0) is 20.4. The number of carbonyl (C=O) groups excluding carboxylic acids is 1. The van der Waals surface area contributed by atoms with Crippen LogP contribution in [-0.2, 0) is 10.3 Å². The summed E-state index contributed by atoms with van der Waals surface area (Å²) in [5.74, 6) is 5.56. The minimum atomic E-state index is -0.948. The predicted octanol–water partition coefficient (Wildman–Crippen LogP) is 7.04. The lowest BCUT2D eigenvalue weighted by atomic mass is 9.99. The van der Waals surface area contributed by atoms with Crippen LogP contribution in [0.5, 0.6) is 0 Å². The number of benzene rings is 2. The molecule has 0 bridgehead atoms. The van der Waals surface area contributed by atoms with Gasteiger partial charge in [-0.15, -0.1) is 5.92 Å². The molecule has 2 atom stereocenters. The summed E-state index contributed by atoms with van der Waals surface area (Å²) in [7, 11) is -0.0902. The van der Waals surface area contributed by atoms with Crippen molar-refractivity contribution < 1.29 is 9.53 Å². The normalized spacial score (nSPS) is 13.4. The third kappa shape index (κ3) is 3.72. The van der Waals surface area contributed by atoms with Crippen LogP contribution in [-0.4, -0.2) is 5.97 Å². The Kier molecular flexibility index (Phi) is 5.27. The molecule has 0 aliphatic rings. The smallest absolute Gasteiger partial charge is 0.339 e. The Hall–Kier alpha value is -2.87. The first-order valence-electron chi connectivity index (χ1n) is 9.33. The number of hydrogen-bond donors (Lipinski definition) is 0. The van der Waals surface area contributed by atoms with E-state index in [1.54, 1.807) is 18.3 Å². The summed E-state index contributed by atoms with van der Waals surface area (Å²) in [5, 5.41) is 5.21. The largest absolute Gasteiger partial charge is 0.438 e. The number of fused-ring (bicyclic) bond motifs is 1. The van der Waals surface area contributed by atoms with E-state index >= 15 is 0 Å². The molecule has 2 nitrogen and oxygen atoms in total. The maximum atomic E-state index is 12.8. The predicted molar refractivity (Wildman–Crippen MR) is 123 cm³/mol. The van der Waals surface area contributed by atoms with Gasteiger partial charge in [-0.2, -0.15) is 11.3 Å². The molecule has 29 heavy (non-hydrogen) atoms. The van der Waals surface area contributed by atoms with Crippen molar-refractivity contribution in [2.75, 3.05) is 0 Å². The molecule has 2 unspecified atom stereocenters. The number of rotatable bonds is 4. The highest BCUT2D eigenvalue weighted by Crippen LogP contribution is 2.43. The van der Waals surface area contributed by atoms with Gasteiger partial charge in [-0.3, -0.25) is 0 Å². The standard InChI is InChI=1S/C25H21O2S2/c1-4-14-25(3,21-13-15-28-17-21)27-24(26)19-9-11-22(12-10-19)29-18(2)16-20-7-5-6-8-23(20)29/h5-13,15-17H,1-3H3/q+1. The molecular weight excluding hydrogens is 396 g/mol. The van der Waals surface area contributed by atoms with E-state index in [0.29, 0.717) is 5.56 Å². The quantitative estimate of drug-likeness (QED) is 0.202. The molecule has 4 rings (SSSR count). The highest BCUT2D eigenvalue weighted by atomic mass is 32.2. The van der Waals surface area contributed by atoms with Crippen LogP contribution in [0, 0.1) is 18.8 Å². The summed E-state index contributed by atoms with van der Waals surface area (Å²) in [6, 6.07) is 20.4. The molecule has 0 aliphatic carbocycles. The molecule has 2 heterocycles. The number of aryl methyl sites for hydroxylation is 1. The highest BCUT2D eigenvalue weighted by molar-refractivity contribution is 7.45. The van der Waals surface area contributed by atoms with E-state index in [1.165, 1.54) is 19.9 Å². The fourth-order valence-corrected chi connectivity index (χ4v) is 6.41. The molecule has 0 fully saturated rings. The van der Waals surface area contributed by atoms with E-state index < -0.39 is 5.60 Å². The van der Waals surface area contributed by atoms with Crippen LogP contribution < -0.4 is 0 Å². The Morgan fingerprint density at radius 3 is 2.55 bits per heavy atom. The lowest BCUT2D eigenvalue weighted by molar-refractivity contribution is 0.0130. The van der Waals surface area contributed by atoms with Gasteiger partial charge in [0.15, 0.2) is 20.1 Å². The van der Waals surface area contributed by atoms with Gasteiger partial charge in [-0.05, 0) is 67.1 Å². The van der Waals surface area contributed by atoms with Crippen LogP contribution in [0.15, 0.2) is 71.4 Å². The maximum Gasteiger partial charge on any atom is 0.339 e. The Bertz CT molecular complexity index is 1220. The van der Waals surface area contributed by atoms with E-state index in [4.69, 9.17) is 4.74 Å². The van der Waals surface area contributed by atoms with Gasteiger partial charge in [0, 0.05) is 34.4 Å². The molecule has 0 spiro atoms. The molecule has 4 aromatic rings. The van der Waals surface area contributed by atoms with E-state index in [-0.39, 0.29) is 16.4 Å². The molecule has 2 aromatic heterocycles. The zero-order valence-corrected chi connectivity index (χ0v) is 18.2. The van der Waals surface area contributed by atoms with E-state index in [0.717, 1.165) is 5.56 Å². The highest BCUT2D eigenvalue weighted by Gasteiger charge is 2.30. The number of hydrogen-bond acceptors (Lipinski definition) is 3. The van der Waals surface area contributed by atoms with Crippen molar-refractivity contribution in [1.29, 1.82) is 0 Å². The monoisotopic (exact) mass is 417 g/mol. The maximum absolute atomic E-state index is 12.8. The first kappa shape index (κ1) is 19.4. The van der Waals surface area contributed by atoms with Gasteiger partial charge in [0.25, 0.3) is 0 Å². The van der Waals surface area contributed by atoms with Crippen LogP contribution >= 0.6 is 21.8 Å². The van der Waals surface area contributed by atoms with Crippen molar-refractivity contribution >= 4 is 37.9 Å². The molecule has 4 heteroatoms. The van der Waals surface area contributed by atoms with Gasteiger partial charge in [-0.1, -0.05) is 18.1 Å². The van der Waals surface area contributed by atoms with Crippen LogP contribution in [0.3, 0.4) is 0 Å². The van der Waals surface area contributed by atoms with Gasteiger partial charge >= 0.3 is 5.97 Å².